The van der Waals surface area contributed by atoms with Gasteiger partial charge in [0.2, 0.25) is 17.7 Å². The molecule has 0 saturated carbocycles. The molecule has 13 nitrogen and oxygen atoms in total. The predicted octanol–water partition coefficient (Wildman–Crippen LogP) is 3.52. The van der Waals surface area contributed by atoms with Crippen molar-refractivity contribution in [1.82, 2.24) is 20.9 Å². The Morgan fingerprint density at radius 3 is 2.20 bits per heavy atom. The van der Waals surface area contributed by atoms with Crippen LogP contribution in [0.4, 0.5) is 0 Å². The summed E-state index contributed by atoms with van der Waals surface area (Å²) in [5.74, 6) is -5.23. The number of hydrogen-bond acceptors (Lipinski definition) is 8. The van der Waals surface area contributed by atoms with Crippen molar-refractivity contribution in [1.29, 1.82) is 5.26 Å². The van der Waals surface area contributed by atoms with Crippen molar-refractivity contribution >= 4 is 41.2 Å². The first-order chi connectivity index (χ1) is 24.3. The standard InChI is InChI=1S/C37H32ClN5O8/c1-19-34(47)42-29(37(50)51)14-20-3-12-30(44)27(13-20)28-16-24(15-25(17-39)33(28)46)32(36(49)41-19)43(2)31(45)18-40-35(48)23-6-4-21(5-7-23)22-8-10-26(38)11-9-22/h3-13,15-16,19,29,32,44,46H,14,18H2,1-2H3,(H,40,48)(H,41,49)(H,42,47)(H,50,51)/t19-,29-,32-/m0/s1. The van der Waals surface area contributed by atoms with Gasteiger partial charge in [-0.2, -0.15) is 5.26 Å². The summed E-state index contributed by atoms with van der Waals surface area (Å²) in [4.78, 5) is 66.5. The normalized spacial score (nSPS) is 17.2. The number of carboxylic acids is 1. The number of nitrogens with zero attached hydrogens (tertiary/aromatic N) is 2. The maximum atomic E-state index is 13.9. The number of nitrogens with one attached hydrogen (secondary N) is 3. The van der Waals surface area contributed by atoms with E-state index in [2.05, 4.69) is 16.0 Å². The van der Waals surface area contributed by atoms with Crippen LogP contribution < -0.4 is 16.0 Å². The Hall–Kier alpha value is -6.39. The van der Waals surface area contributed by atoms with E-state index in [-0.39, 0.29) is 40.0 Å². The largest absolute Gasteiger partial charge is 0.507 e. The van der Waals surface area contributed by atoms with E-state index in [0.717, 1.165) is 16.0 Å². The molecular formula is C37H32ClN5O8. The van der Waals surface area contributed by atoms with Crippen molar-refractivity contribution in [2.45, 2.75) is 31.5 Å². The lowest BCUT2D eigenvalue weighted by atomic mass is 9.92. The number of benzene rings is 4. The summed E-state index contributed by atoms with van der Waals surface area (Å²) in [6, 6.07) is 18.1. The summed E-state index contributed by atoms with van der Waals surface area (Å²) in [6.07, 6.45) is -0.210. The monoisotopic (exact) mass is 709 g/mol. The van der Waals surface area contributed by atoms with Crippen LogP contribution >= 0.6 is 11.6 Å². The Bertz CT molecular complexity index is 2080. The molecule has 1 aliphatic rings. The van der Waals surface area contributed by atoms with Crippen LogP contribution in [0.3, 0.4) is 0 Å². The third-order valence-corrected chi connectivity index (χ3v) is 8.73. The summed E-state index contributed by atoms with van der Waals surface area (Å²) in [5.41, 5.74) is 2.04. The molecule has 0 fully saturated rings. The van der Waals surface area contributed by atoms with Crippen LogP contribution in [0.25, 0.3) is 22.3 Å². The summed E-state index contributed by atoms with van der Waals surface area (Å²) in [5, 5.41) is 49.5. The van der Waals surface area contributed by atoms with Crippen molar-refractivity contribution in [3.8, 4) is 39.8 Å². The number of hydrogen-bond donors (Lipinski definition) is 6. The molecule has 260 valence electrons. The molecule has 51 heavy (non-hydrogen) atoms. The fraction of sp³-hybridized carbons (Fsp3) is 0.189. The minimum absolute atomic E-state index is 0.00623. The van der Waals surface area contributed by atoms with Crippen LogP contribution in [0.1, 0.15) is 40.0 Å². The molecule has 1 aliphatic heterocycles. The van der Waals surface area contributed by atoms with Gasteiger partial charge in [-0.1, -0.05) is 41.9 Å². The van der Waals surface area contributed by atoms with Gasteiger partial charge in [0, 0.05) is 35.2 Å². The predicted molar refractivity (Wildman–Crippen MR) is 186 cm³/mol. The second-order valence-electron chi connectivity index (χ2n) is 11.9. The van der Waals surface area contributed by atoms with E-state index in [1.165, 1.54) is 44.3 Å². The van der Waals surface area contributed by atoms with Gasteiger partial charge in [-0.3, -0.25) is 19.2 Å². The molecule has 4 amide bonds. The highest BCUT2D eigenvalue weighted by molar-refractivity contribution is 6.30. The van der Waals surface area contributed by atoms with Gasteiger partial charge < -0.3 is 36.2 Å². The smallest absolute Gasteiger partial charge is 0.326 e. The molecule has 0 saturated heterocycles. The highest BCUT2D eigenvalue weighted by atomic mass is 35.5. The molecule has 0 spiro atoms. The quantitative estimate of drug-likeness (QED) is 0.173. The molecule has 0 aliphatic carbocycles. The van der Waals surface area contributed by atoms with Gasteiger partial charge in [-0.15, -0.1) is 0 Å². The third-order valence-electron chi connectivity index (χ3n) is 8.48. The van der Waals surface area contributed by atoms with Crippen molar-refractivity contribution in [3.63, 3.8) is 0 Å². The summed E-state index contributed by atoms with van der Waals surface area (Å²) < 4.78 is 0. The van der Waals surface area contributed by atoms with E-state index in [0.29, 0.717) is 10.6 Å². The first kappa shape index (κ1) is 35.9. The molecule has 0 unspecified atom stereocenters. The molecule has 1 heterocycles. The number of fused-ring (bicyclic) bond motifs is 5. The Kier molecular flexibility index (Phi) is 10.6. The zero-order valence-corrected chi connectivity index (χ0v) is 28.1. The maximum Gasteiger partial charge on any atom is 0.326 e. The lowest BCUT2D eigenvalue weighted by Crippen LogP contribution is -2.53. The van der Waals surface area contributed by atoms with Crippen LogP contribution in [0.2, 0.25) is 5.02 Å². The minimum Gasteiger partial charge on any atom is -0.507 e. The Balaban J connectivity index is 1.47. The van der Waals surface area contributed by atoms with Crippen LogP contribution in [-0.2, 0) is 25.6 Å². The Morgan fingerprint density at radius 1 is 0.922 bits per heavy atom. The number of rotatable bonds is 6. The summed E-state index contributed by atoms with van der Waals surface area (Å²) in [7, 11) is 1.28. The molecule has 4 aromatic carbocycles. The maximum absolute atomic E-state index is 13.9. The number of aliphatic carboxylic acids is 1. The van der Waals surface area contributed by atoms with Crippen LogP contribution in [0.5, 0.6) is 11.5 Å². The molecule has 14 heteroatoms. The SMILES string of the molecule is C[C@@H]1NC(=O)[C@@H](N(C)C(=O)CNC(=O)c2ccc(-c3ccc(Cl)cc3)cc2)c2cc(C#N)c(O)c(c2)-c2cc(ccc2O)C[C@@H](C(=O)O)NC1=O. The van der Waals surface area contributed by atoms with Gasteiger partial charge >= 0.3 is 5.97 Å². The molecule has 0 aromatic heterocycles. The molecule has 4 bridgehead atoms. The van der Waals surface area contributed by atoms with E-state index in [9.17, 15) is 44.6 Å². The molecule has 6 N–H and O–H groups in total. The van der Waals surface area contributed by atoms with Gasteiger partial charge in [0.1, 0.15) is 35.7 Å². The molecule has 4 aromatic rings. The molecule has 0 radical (unpaired) electrons. The summed E-state index contributed by atoms with van der Waals surface area (Å²) in [6.45, 7) is 0.782. The number of phenols is 2. The van der Waals surface area contributed by atoms with Crippen molar-refractivity contribution in [2.24, 2.45) is 0 Å². The Morgan fingerprint density at radius 2 is 1.57 bits per heavy atom. The zero-order chi connectivity index (χ0) is 37.0. The van der Waals surface area contributed by atoms with Crippen molar-refractivity contribution < 1.29 is 39.3 Å². The van der Waals surface area contributed by atoms with Crippen molar-refractivity contribution in [3.05, 3.63) is 106 Å². The van der Waals surface area contributed by atoms with Gasteiger partial charge in [0.15, 0.2) is 0 Å². The van der Waals surface area contributed by atoms with E-state index >= 15 is 0 Å². The fourth-order valence-electron chi connectivity index (χ4n) is 5.66. The van der Waals surface area contributed by atoms with Gasteiger partial charge in [-0.05, 0) is 77.7 Å². The number of halogens is 1. The highest BCUT2D eigenvalue weighted by Gasteiger charge is 2.34. The summed E-state index contributed by atoms with van der Waals surface area (Å²) >= 11 is 5.97. The highest BCUT2D eigenvalue weighted by Crippen LogP contribution is 2.40. The third kappa shape index (κ3) is 7.92. The van der Waals surface area contributed by atoms with E-state index < -0.39 is 60.0 Å². The first-order valence-electron chi connectivity index (χ1n) is 15.6. The number of carbonyl (C=O) groups is 5. The van der Waals surface area contributed by atoms with Gasteiger partial charge in [0.25, 0.3) is 5.91 Å². The minimum atomic E-state index is -1.53. The van der Waals surface area contributed by atoms with Crippen LogP contribution in [0.15, 0.2) is 78.9 Å². The molecular weight excluding hydrogens is 678 g/mol. The number of carbonyl (C=O) groups excluding carboxylic acids is 4. The number of amides is 4. The molecule has 5 rings (SSSR count). The second-order valence-corrected chi connectivity index (χ2v) is 12.4. The molecule has 3 atom stereocenters. The van der Waals surface area contributed by atoms with Crippen LogP contribution in [-0.4, -0.2) is 75.5 Å². The topological polar surface area (TPSA) is 209 Å². The first-order valence-corrected chi connectivity index (χ1v) is 16.0. The number of carboxylic acid groups (broad SMARTS) is 1. The van der Waals surface area contributed by atoms with E-state index in [1.54, 1.807) is 36.4 Å². The van der Waals surface area contributed by atoms with Crippen molar-refractivity contribution in [2.75, 3.05) is 13.6 Å². The average molecular weight is 710 g/mol. The van der Waals surface area contributed by atoms with E-state index in [4.69, 9.17) is 11.6 Å². The number of aromatic hydroxyl groups is 2. The second kappa shape index (κ2) is 15.0. The van der Waals surface area contributed by atoms with E-state index in [1.807, 2.05) is 18.2 Å². The number of nitriles is 1. The Labute approximate surface area is 297 Å². The zero-order valence-electron chi connectivity index (χ0n) is 27.3. The van der Waals surface area contributed by atoms with Gasteiger partial charge in [0.05, 0.1) is 12.1 Å². The van der Waals surface area contributed by atoms with Crippen LogP contribution in [0, 0.1) is 11.3 Å². The van der Waals surface area contributed by atoms with Gasteiger partial charge in [-0.25, -0.2) is 4.79 Å². The average Bonchev–Trinajstić information content (AvgIpc) is 3.11. The lowest BCUT2D eigenvalue weighted by molar-refractivity contribution is -0.142. The lowest BCUT2D eigenvalue weighted by Gasteiger charge is -2.30. The number of phenolic OH excluding ortho intramolecular Hbond substituents is 2. The number of likely N-dealkylation sites (N-methyl/N-ethyl adjacent to an activating group) is 1. The fourth-order valence-corrected chi connectivity index (χ4v) is 5.78.